The molecule has 1 aromatic carbocycles. The second-order valence-corrected chi connectivity index (χ2v) is 4.65. The van der Waals surface area contributed by atoms with E-state index in [2.05, 4.69) is 4.98 Å². The van der Waals surface area contributed by atoms with Crippen LogP contribution in [0.25, 0.3) is 22.2 Å². The molecule has 0 spiro atoms. The van der Waals surface area contributed by atoms with Gasteiger partial charge in [-0.05, 0) is 30.2 Å². The van der Waals surface area contributed by atoms with Gasteiger partial charge in [0, 0.05) is 24.2 Å². The Morgan fingerprint density at radius 2 is 1.79 bits per heavy atom. The molecule has 0 saturated heterocycles. The lowest BCUT2D eigenvalue weighted by atomic mass is 10.0. The highest BCUT2D eigenvalue weighted by molar-refractivity contribution is 5.92. The first-order chi connectivity index (χ1) is 9.16. The number of rotatable bonds is 1. The number of hydrogen-bond donors (Lipinski definition) is 0. The third-order valence-electron chi connectivity index (χ3n) is 3.31. The number of hydrogen-bond acceptors (Lipinski definition) is 2. The van der Waals surface area contributed by atoms with Crippen molar-refractivity contribution < 1.29 is 0 Å². The highest BCUT2D eigenvalue weighted by Gasteiger charge is 2.09. The minimum Gasteiger partial charge on any atom is -0.296 e. The summed E-state index contributed by atoms with van der Waals surface area (Å²) in [7, 11) is 1.76. The molecule has 0 unspecified atom stereocenters. The molecule has 0 aliphatic rings. The van der Waals surface area contributed by atoms with E-state index in [1.165, 1.54) is 0 Å². The predicted molar refractivity (Wildman–Crippen MR) is 77.2 cm³/mol. The maximum absolute atomic E-state index is 12.1. The quantitative estimate of drug-likeness (QED) is 0.665. The lowest BCUT2D eigenvalue weighted by Crippen LogP contribution is -2.17. The normalized spacial score (nSPS) is 10.8. The summed E-state index contributed by atoms with van der Waals surface area (Å²) in [6, 6.07) is 15.6. The zero-order valence-electron chi connectivity index (χ0n) is 10.9. The summed E-state index contributed by atoms with van der Waals surface area (Å²) in [5.74, 6) is 0. The zero-order valence-corrected chi connectivity index (χ0v) is 10.9. The van der Waals surface area contributed by atoms with E-state index in [-0.39, 0.29) is 5.56 Å². The van der Waals surface area contributed by atoms with Crippen molar-refractivity contribution in [3.63, 3.8) is 0 Å². The smallest absolute Gasteiger partial charge is 0.252 e. The maximum atomic E-state index is 12.1. The van der Waals surface area contributed by atoms with Gasteiger partial charge in [0.25, 0.3) is 5.56 Å². The average Bonchev–Trinajstić information content (AvgIpc) is 2.44. The van der Waals surface area contributed by atoms with Crippen LogP contribution in [0.1, 0.15) is 5.69 Å². The van der Waals surface area contributed by atoms with Gasteiger partial charge in [-0.3, -0.25) is 9.36 Å². The van der Waals surface area contributed by atoms with Crippen molar-refractivity contribution in [3.05, 3.63) is 64.6 Å². The third-order valence-corrected chi connectivity index (χ3v) is 3.31. The lowest BCUT2D eigenvalue weighted by Gasteiger charge is -2.10. The lowest BCUT2D eigenvalue weighted by molar-refractivity contribution is 0.885. The number of aryl methyl sites for hydroxylation is 2. The number of benzene rings is 1. The van der Waals surface area contributed by atoms with Crippen LogP contribution in [0.15, 0.2) is 53.3 Å². The van der Waals surface area contributed by atoms with Crippen molar-refractivity contribution in [2.24, 2.45) is 7.05 Å². The van der Waals surface area contributed by atoms with Crippen LogP contribution in [-0.4, -0.2) is 9.55 Å². The number of fused-ring (bicyclic) bond motifs is 1. The summed E-state index contributed by atoms with van der Waals surface area (Å²) in [4.78, 5) is 16.5. The molecular formula is C16H14N2O. The molecule has 19 heavy (non-hydrogen) atoms. The van der Waals surface area contributed by atoms with Crippen LogP contribution in [0.4, 0.5) is 0 Å². The summed E-state index contributed by atoms with van der Waals surface area (Å²) in [5.41, 5.74) is 3.57. The monoisotopic (exact) mass is 250 g/mol. The van der Waals surface area contributed by atoms with Gasteiger partial charge in [0.1, 0.15) is 5.65 Å². The van der Waals surface area contributed by atoms with Crippen molar-refractivity contribution in [1.82, 2.24) is 9.55 Å². The van der Waals surface area contributed by atoms with Crippen molar-refractivity contribution in [3.8, 4) is 11.1 Å². The van der Waals surface area contributed by atoms with Gasteiger partial charge in [0.05, 0.1) is 0 Å². The highest BCUT2D eigenvalue weighted by atomic mass is 16.1. The summed E-state index contributed by atoms with van der Waals surface area (Å²) in [5, 5.41) is 0.999. The average molecular weight is 250 g/mol. The van der Waals surface area contributed by atoms with Crippen molar-refractivity contribution in [2.45, 2.75) is 6.92 Å². The van der Waals surface area contributed by atoms with Crippen LogP contribution >= 0.6 is 0 Å². The van der Waals surface area contributed by atoms with Crippen LogP contribution in [-0.2, 0) is 7.05 Å². The van der Waals surface area contributed by atoms with Crippen molar-refractivity contribution in [1.29, 1.82) is 0 Å². The minimum atomic E-state index is -0.0375. The first-order valence-electron chi connectivity index (χ1n) is 6.19. The van der Waals surface area contributed by atoms with Gasteiger partial charge in [0.15, 0.2) is 0 Å². The van der Waals surface area contributed by atoms with Gasteiger partial charge in [0.2, 0.25) is 0 Å². The molecule has 3 rings (SSSR count). The SMILES string of the molecule is Cc1ccc2c(-c3ccccc3)cc(=O)n(C)c2n1. The molecule has 0 atom stereocenters. The van der Waals surface area contributed by atoms with Crippen molar-refractivity contribution >= 4 is 11.0 Å². The molecule has 0 saturated carbocycles. The molecule has 0 aliphatic heterocycles. The first kappa shape index (κ1) is 11.7. The second kappa shape index (κ2) is 4.35. The van der Waals surface area contributed by atoms with Gasteiger partial charge in [-0.2, -0.15) is 0 Å². The highest BCUT2D eigenvalue weighted by Crippen LogP contribution is 2.25. The van der Waals surface area contributed by atoms with E-state index < -0.39 is 0 Å². The van der Waals surface area contributed by atoms with Crippen LogP contribution in [0.2, 0.25) is 0 Å². The van der Waals surface area contributed by atoms with E-state index in [1.54, 1.807) is 17.7 Å². The third kappa shape index (κ3) is 1.93. The van der Waals surface area contributed by atoms with E-state index in [9.17, 15) is 4.79 Å². The van der Waals surface area contributed by atoms with Gasteiger partial charge >= 0.3 is 0 Å². The summed E-state index contributed by atoms with van der Waals surface area (Å²) >= 11 is 0. The first-order valence-corrected chi connectivity index (χ1v) is 6.19. The molecule has 0 bridgehead atoms. The van der Waals surface area contributed by atoms with Crippen LogP contribution in [0, 0.1) is 6.92 Å². The fourth-order valence-corrected chi connectivity index (χ4v) is 2.27. The van der Waals surface area contributed by atoms with E-state index in [1.807, 2.05) is 49.4 Å². The number of nitrogens with zero attached hydrogens (tertiary/aromatic N) is 2. The molecule has 3 heteroatoms. The largest absolute Gasteiger partial charge is 0.296 e. The molecule has 3 nitrogen and oxygen atoms in total. The fourth-order valence-electron chi connectivity index (χ4n) is 2.27. The van der Waals surface area contributed by atoms with E-state index in [0.29, 0.717) is 0 Å². The molecule has 0 fully saturated rings. The molecule has 0 radical (unpaired) electrons. The van der Waals surface area contributed by atoms with E-state index in [0.717, 1.165) is 27.9 Å². The zero-order chi connectivity index (χ0) is 13.4. The standard InChI is InChI=1S/C16H14N2O/c1-11-8-9-13-14(12-6-4-3-5-7-12)10-15(19)18(2)16(13)17-11/h3-10H,1-2H3. The summed E-state index contributed by atoms with van der Waals surface area (Å²) in [6.07, 6.45) is 0. The Balaban J connectivity index is 2.44. The molecule has 3 aromatic rings. The summed E-state index contributed by atoms with van der Waals surface area (Å²) in [6.45, 7) is 1.93. The van der Waals surface area contributed by atoms with Gasteiger partial charge in [-0.25, -0.2) is 4.98 Å². The minimum absolute atomic E-state index is 0.0375. The summed E-state index contributed by atoms with van der Waals surface area (Å²) < 4.78 is 1.59. The molecule has 94 valence electrons. The topological polar surface area (TPSA) is 34.9 Å². The van der Waals surface area contributed by atoms with Gasteiger partial charge in [-0.1, -0.05) is 30.3 Å². The van der Waals surface area contributed by atoms with E-state index in [4.69, 9.17) is 0 Å². The van der Waals surface area contributed by atoms with Crippen LogP contribution in [0.3, 0.4) is 0 Å². The number of pyridine rings is 2. The van der Waals surface area contributed by atoms with Gasteiger partial charge in [-0.15, -0.1) is 0 Å². The Kier molecular flexibility index (Phi) is 2.67. The van der Waals surface area contributed by atoms with Crippen LogP contribution < -0.4 is 5.56 Å². The fraction of sp³-hybridized carbons (Fsp3) is 0.125. The Labute approximate surface area is 111 Å². The Bertz CT molecular complexity index is 804. The molecule has 2 aromatic heterocycles. The molecule has 0 amide bonds. The molecule has 0 N–H and O–H groups in total. The van der Waals surface area contributed by atoms with Gasteiger partial charge < -0.3 is 0 Å². The van der Waals surface area contributed by atoms with Crippen molar-refractivity contribution in [2.75, 3.05) is 0 Å². The Morgan fingerprint density at radius 3 is 2.53 bits per heavy atom. The predicted octanol–water partition coefficient (Wildman–Crippen LogP) is 2.91. The second-order valence-electron chi connectivity index (χ2n) is 4.65. The molecular weight excluding hydrogens is 236 g/mol. The van der Waals surface area contributed by atoms with E-state index >= 15 is 0 Å². The number of aromatic nitrogens is 2. The Hall–Kier alpha value is -2.42. The maximum Gasteiger partial charge on any atom is 0.252 e. The Morgan fingerprint density at radius 1 is 1.05 bits per heavy atom. The molecule has 0 aliphatic carbocycles. The van der Waals surface area contributed by atoms with Crippen LogP contribution in [0.5, 0.6) is 0 Å². The molecule has 2 heterocycles.